The van der Waals surface area contributed by atoms with E-state index in [1.54, 1.807) is 24.3 Å². The molecule has 1 N–H and O–H groups in total. The molecule has 0 heterocycles. The van der Waals surface area contributed by atoms with Gasteiger partial charge in [0.05, 0.1) is 17.5 Å². The summed E-state index contributed by atoms with van der Waals surface area (Å²) in [5.41, 5.74) is 0.450. The molecular formula is C32H37ClF3N3O4S. The van der Waals surface area contributed by atoms with Gasteiger partial charge in [0.1, 0.15) is 6.04 Å². The molecule has 0 radical (unpaired) electrons. The van der Waals surface area contributed by atoms with E-state index in [-0.39, 0.29) is 49.9 Å². The van der Waals surface area contributed by atoms with Crippen LogP contribution in [-0.2, 0) is 38.8 Å². The summed E-state index contributed by atoms with van der Waals surface area (Å²) < 4.78 is 66.0. The number of hydrogen-bond donors (Lipinski definition) is 1. The van der Waals surface area contributed by atoms with Gasteiger partial charge in [0, 0.05) is 37.5 Å². The third-order valence-corrected chi connectivity index (χ3v) is 8.28. The average molecular weight is 652 g/mol. The zero-order chi connectivity index (χ0) is 32.5. The minimum absolute atomic E-state index is 0.00490. The second-order valence-electron chi connectivity index (χ2n) is 11.0. The van der Waals surface area contributed by atoms with Crippen LogP contribution in [0.5, 0.6) is 0 Å². The first-order valence-electron chi connectivity index (χ1n) is 14.2. The number of anilines is 1. The van der Waals surface area contributed by atoms with Gasteiger partial charge in [0.2, 0.25) is 21.8 Å². The molecule has 0 aliphatic heterocycles. The van der Waals surface area contributed by atoms with Crippen LogP contribution >= 0.6 is 11.6 Å². The van der Waals surface area contributed by atoms with Crippen LogP contribution in [-0.4, -0.2) is 50.5 Å². The minimum Gasteiger partial charge on any atom is -0.354 e. The molecule has 7 nitrogen and oxygen atoms in total. The molecule has 3 aromatic carbocycles. The second kappa shape index (κ2) is 15.4. The average Bonchev–Trinajstić information content (AvgIpc) is 2.96. The van der Waals surface area contributed by atoms with E-state index in [1.807, 2.05) is 44.2 Å². The molecular weight excluding hydrogens is 615 g/mol. The minimum atomic E-state index is -4.65. The first-order valence-corrected chi connectivity index (χ1v) is 16.4. The first kappa shape index (κ1) is 34.9. The van der Waals surface area contributed by atoms with E-state index in [2.05, 4.69) is 5.32 Å². The van der Waals surface area contributed by atoms with E-state index in [1.165, 1.54) is 11.0 Å². The lowest BCUT2D eigenvalue weighted by atomic mass is 10.0. The Morgan fingerprint density at radius 1 is 0.932 bits per heavy atom. The fourth-order valence-electron chi connectivity index (χ4n) is 4.60. The van der Waals surface area contributed by atoms with Crippen molar-refractivity contribution in [2.24, 2.45) is 5.92 Å². The molecule has 1 atom stereocenters. The topological polar surface area (TPSA) is 86.8 Å². The van der Waals surface area contributed by atoms with Crippen LogP contribution in [0.25, 0.3) is 0 Å². The van der Waals surface area contributed by atoms with Gasteiger partial charge in [-0.1, -0.05) is 74.0 Å². The zero-order valence-electron chi connectivity index (χ0n) is 24.9. The maximum Gasteiger partial charge on any atom is 0.416 e. The quantitative estimate of drug-likeness (QED) is 0.221. The molecule has 3 aromatic rings. The highest BCUT2D eigenvalue weighted by Crippen LogP contribution is 2.32. The smallest absolute Gasteiger partial charge is 0.354 e. The number of hydrogen-bond acceptors (Lipinski definition) is 4. The number of benzene rings is 3. The number of nitrogens with zero attached hydrogens (tertiary/aromatic N) is 2. The monoisotopic (exact) mass is 651 g/mol. The van der Waals surface area contributed by atoms with E-state index in [4.69, 9.17) is 11.6 Å². The summed E-state index contributed by atoms with van der Waals surface area (Å²) in [7, 11) is -3.97. The summed E-state index contributed by atoms with van der Waals surface area (Å²) in [6.07, 6.45) is -3.66. The highest BCUT2D eigenvalue weighted by atomic mass is 35.5. The van der Waals surface area contributed by atoms with Crippen molar-refractivity contribution in [2.45, 2.75) is 51.9 Å². The van der Waals surface area contributed by atoms with Crippen LogP contribution in [0, 0.1) is 5.92 Å². The molecule has 0 aliphatic carbocycles. The molecule has 1 unspecified atom stereocenters. The summed E-state index contributed by atoms with van der Waals surface area (Å²) in [5, 5.41) is 3.44. The zero-order valence-corrected chi connectivity index (χ0v) is 26.4. The summed E-state index contributed by atoms with van der Waals surface area (Å²) in [6.45, 7) is 4.19. The molecule has 12 heteroatoms. The summed E-state index contributed by atoms with van der Waals surface area (Å²) in [6, 6.07) is 19.3. The van der Waals surface area contributed by atoms with Gasteiger partial charge in [-0.05, 0) is 53.8 Å². The van der Waals surface area contributed by atoms with Gasteiger partial charge in [-0.15, -0.1) is 0 Å². The van der Waals surface area contributed by atoms with Crippen molar-refractivity contribution in [3.63, 3.8) is 0 Å². The van der Waals surface area contributed by atoms with Gasteiger partial charge >= 0.3 is 6.18 Å². The Kier molecular flexibility index (Phi) is 12.2. The summed E-state index contributed by atoms with van der Waals surface area (Å²) >= 11 is 6.06. The molecule has 0 saturated carbocycles. The Labute approximate surface area is 262 Å². The summed E-state index contributed by atoms with van der Waals surface area (Å²) in [4.78, 5) is 28.9. The Morgan fingerprint density at radius 3 is 2.18 bits per heavy atom. The SMILES string of the molecule is CC(C)CNC(=O)C(Cc1ccccc1)N(Cc1ccc(Cl)cc1)C(=O)CCCN(c1cccc(C(F)(F)F)c1)S(C)(=O)=O. The van der Waals surface area contributed by atoms with E-state index in [0.29, 0.717) is 11.6 Å². The number of halogens is 4. The van der Waals surface area contributed by atoms with E-state index in [0.717, 1.165) is 39.9 Å². The molecule has 3 rings (SSSR count). The van der Waals surface area contributed by atoms with Crippen LogP contribution in [0.15, 0.2) is 78.9 Å². The van der Waals surface area contributed by atoms with Crippen molar-refractivity contribution >= 4 is 39.1 Å². The number of rotatable bonds is 14. The fraction of sp³-hybridized carbons (Fsp3) is 0.375. The van der Waals surface area contributed by atoms with Crippen LogP contribution in [0.1, 0.15) is 43.4 Å². The number of amides is 2. The molecule has 0 fully saturated rings. The Balaban J connectivity index is 1.89. The van der Waals surface area contributed by atoms with Gasteiger partial charge in [0.25, 0.3) is 0 Å². The van der Waals surface area contributed by atoms with E-state index < -0.39 is 33.7 Å². The van der Waals surface area contributed by atoms with E-state index >= 15 is 0 Å². The van der Waals surface area contributed by atoms with Crippen molar-refractivity contribution in [1.29, 1.82) is 0 Å². The Hall–Kier alpha value is -3.57. The fourth-order valence-corrected chi connectivity index (χ4v) is 5.69. The van der Waals surface area contributed by atoms with Crippen LogP contribution in [0.2, 0.25) is 5.02 Å². The van der Waals surface area contributed by atoms with Gasteiger partial charge in [-0.25, -0.2) is 8.42 Å². The molecule has 44 heavy (non-hydrogen) atoms. The Bertz CT molecular complexity index is 1500. The van der Waals surface area contributed by atoms with Gasteiger partial charge in [-0.3, -0.25) is 13.9 Å². The van der Waals surface area contributed by atoms with Crippen molar-refractivity contribution in [2.75, 3.05) is 23.7 Å². The van der Waals surface area contributed by atoms with Gasteiger partial charge in [0.15, 0.2) is 0 Å². The second-order valence-corrected chi connectivity index (χ2v) is 13.3. The van der Waals surface area contributed by atoms with Crippen molar-refractivity contribution in [1.82, 2.24) is 10.2 Å². The molecule has 0 aromatic heterocycles. The van der Waals surface area contributed by atoms with Crippen molar-refractivity contribution in [3.8, 4) is 0 Å². The van der Waals surface area contributed by atoms with Crippen LogP contribution in [0.3, 0.4) is 0 Å². The van der Waals surface area contributed by atoms with Crippen molar-refractivity contribution < 1.29 is 31.2 Å². The third-order valence-electron chi connectivity index (χ3n) is 6.84. The third kappa shape index (κ3) is 10.6. The normalized spacial score (nSPS) is 12.5. The molecule has 0 aliphatic rings. The predicted molar refractivity (Wildman–Crippen MR) is 167 cm³/mol. The number of nitrogens with one attached hydrogen (secondary N) is 1. The number of carbonyl (C=O) groups excluding carboxylic acids is 2. The number of carbonyl (C=O) groups is 2. The summed E-state index contributed by atoms with van der Waals surface area (Å²) in [5.74, 6) is -0.556. The number of alkyl halides is 3. The number of sulfonamides is 1. The van der Waals surface area contributed by atoms with Crippen LogP contribution < -0.4 is 9.62 Å². The molecule has 0 bridgehead atoms. The molecule has 238 valence electrons. The highest BCUT2D eigenvalue weighted by Gasteiger charge is 2.33. The molecule has 2 amide bonds. The lowest BCUT2D eigenvalue weighted by molar-refractivity contribution is -0.141. The Morgan fingerprint density at radius 2 is 1.59 bits per heavy atom. The maximum absolute atomic E-state index is 13.8. The molecule has 0 spiro atoms. The van der Waals surface area contributed by atoms with Crippen LogP contribution in [0.4, 0.5) is 18.9 Å². The predicted octanol–water partition coefficient (Wildman–Crippen LogP) is 6.32. The van der Waals surface area contributed by atoms with E-state index in [9.17, 15) is 31.2 Å². The van der Waals surface area contributed by atoms with Gasteiger partial charge < -0.3 is 10.2 Å². The molecule has 0 saturated heterocycles. The first-order chi connectivity index (χ1) is 20.6. The lowest BCUT2D eigenvalue weighted by Gasteiger charge is -2.32. The highest BCUT2D eigenvalue weighted by molar-refractivity contribution is 7.92. The largest absolute Gasteiger partial charge is 0.416 e. The maximum atomic E-state index is 13.8. The van der Waals surface area contributed by atoms with Crippen molar-refractivity contribution in [3.05, 3.63) is 101 Å². The lowest BCUT2D eigenvalue weighted by Crippen LogP contribution is -2.51. The standard InChI is InChI=1S/C32H37ClF3N3O4S/c1-23(2)21-37-31(41)29(19-24-9-5-4-6-10-24)38(22-25-14-16-27(33)17-15-25)30(40)13-8-18-39(44(3,42)43)28-12-7-11-26(20-28)32(34,35)36/h4-7,9-12,14-17,20,23,29H,8,13,18-19,21-22H2,1-3H3,(H,37,41). The van der Waals surface area contributed by atoms with Gasteiger partial charge in [-0.2, -0.15) is 13.2 Å².